The van der Waals surface area contributed by atoms with E-state index in [2.05, 4.69) is 12.2 Å². The summed E-state index contributed by atoms with van der Waals surface area (Å²) in [5.74, 6) is 1.30. The first-order valence-corrected chi connectivity index (χ1v) is 8.91. The van der Waals surface area contributed by atoms with Crippen LogP contribution in [0, 0.1) is 11.8 Å². The Morgan fingerprint density at radius 2 is 1.89 bits per heavy atom. The van der Waals surface area contributed by atoms with Gasteiger partial charge < -0.3 is 5.32 Å². The Hall–Kier alpha value is -0.130. The van der Waals surface area contributed by atoms with E-state index in [0.29, 0.717) is 17.6 Å². The highest BCUT2D eigenvalue weighted by Crippen LogP contribution is 2.24. The predicted molar refractivity (Wildman–Crippen MR) is 74.0 cm³/mol. The Bertz CT molecular complexity index is 350. The molecule has 0 spiro atoms. The molecule has 0 aromatic heterocycles. The third kappa shape index (κ3) is 3.68. The largest absolute Gasteiger partial charge is 0.317 e. The van der Waals surface area contributed by atoms with Gasteiger partial charge in [-0.15, -0.1) is 0 Å². The minimum Gasteiger partial charge on any atom is -0.317 e. The minimum atomic E-state index is -3.02. The topological polar surface area (TPSA) is 49.4 Å². The van der Waals surface area contributed by atoms with E-state index in [9.17, 15) is 8.42 Å². The van der Waals surface area contributed by atoms with Crippen LogP contribution >= 0.6 is 0 Å². The number of nitrogens with one attached hydrogen (secondary N) is 1. The Morgan fingerprint density at radius 3 is 2.56 bits per heavy atom. The van der Waals surface area contributed by atoms with E-state index >= 15 is 0 Å². The van der Waals surface area contributed by atoms with E-state index in [-0.39, 0.29) is 0 Å². The molecule has 0 aliphatic carbocycles. The fourth-order valence-corrected chi connectivity index (χ4v) is 5.05. The van der Waals surface area contributed by atoms with Crippen LogP contribution in [0.25, 0.3) is 0 Å². The van der Waals surface area contributed by atoms with Crippen molar-refractivity contribution in [3.05, 3.63) is 0 Å². The summed E-state index contributed by atoms with van der Waals surface area (Å²) in [5.41, 5.74) is 0. The first kappa shape index (κ1) is 14.3. The molecule has 106 valence electrons. The Labute approximate surface area is 111 Å². The molecule has 1 N–H and O–H groups in total. The third-order valence-electron chi connectivity index (χ3n) is 4.36. The summed E-state index contributed by atoms with van der Waals surface area (Å²) in [6.07, 6.45) is 5.33. The average molecular weight is 274 g/mol. The second-order valence-electron chi connectivity index (χ2n) is 5.75. The maximum absolute atomic E-state index is 12.4. The highest BCUT2D eigenvalue weighted by atomic mass is 32.2. The number of nitrogens with zero attached hydrogens (tertiary/aromatic N) is 1. The van der Waals surface area contributed by atoms with Gasteiger partial charge in [0, 0.05) is 13.1 Å². The van der Waals surface area contributed by atoms with Crippen molar-refractivity contribution in [2.75, 3.05) is 31.9 Å². The molecule has 2 fully saturated rings. The van der Waals surface area contributed by atoms with Gasteiger partial charge in [0.1, 0.15) is 0 Å². The SMILES string of the molecule is CCC1CCCN(S(=O)(=O)CC2CCNCC2)C1. The van der Waals surface area contributed by atoms with Crippen LogP contribution in [0.5, 0.6) is 0 Å². The molecule has 2 heterocycles. The molecule has 2 saturated heterocycles. The Balaban J connectivity index is 1.92. The Kier molecular flexibility index (Phi) is 5.04. The van der Waals surface area contributed by atoms with Crippen LogP contribution in [0.15, 0.2) is 0 Å². The van der Waals surface area contributed by atoms with Gasteiger partial charge in [-0.05, 0) is 50.6 Å². The summed E-state index contributed by atoms with van der Waals surface area (Å²) in [6.45, 7) is 5.59. The van der Waals surface area contributed by atoms with E-state index in [1.807, 2.05) is 0 Å². The molecule has 18 heavy (non-hydrogen) atoms. The highest BCUT2D eigenvalue weighted by Gasteiger charge is 2.30. The van der Waals surface area contributed by atoms with Crippen LogP contribution in [-0.4, -0.2) is 44.7 Å². The van der Waals surface area contributed by atoms with Crippen molar-refractivity contribution in [2.24, 2.45) is 11.8 Å². The summed E-state index contributed by atoms with van der Waals surface area (Å²) in [6, 6.07) is 0. The van der Waals surface area contributed by atoms with Gasteiger partial charge in [-0.3, -0.25) is 0 Å². The summed E-state index contributed by atoms with van der Waals surface area (Å²) in [5, 5.41) is 3.29. The van der Waals surface area contributed by atoms with Crippen molar-refractivity contribution in [1.82, 2.24) is 9.62 Å². The zero-order valence-electron chi connectivity index (χ0n) is 11.4. The van der Waals surface area contributed by atoms with E-state index < -0.39 is 10.0 Å². The maximum Gasteiger partial charge on any atom is 0.214 e. The molecular weight excluding hydrogens is 248 g/mol. The fraction of sp³-hybridized carbons (Fsp3) is 1.00. The standard InChI is InChI=1S/C13H26N2O2S/c1-2-12-4-3-9-15(10-12)18(16,17)11-13-5-7-14-8-6-13/h12-14H,2-11H2,1H3. The molecule has 1 unspecified atom stereocenters. The first-order chi connectivity index (χ1) is 8.62. The lowest BCUT2D eigenvalue weighted by Crippen LogP contribution is -2.43. The first-order valence-electron chi connectivity index (χ1n) is 7.30. The van der Waals surface area contributed by atoms with Crippen LogP contribution < -0.4 is 5.32 Å². The molecule has 4 nitrogen and oxygen atoms in total. The quantitative estimate of drug-likeness (QED) is 0.844. The number of rotatable bonds is 4. The van der Waals surface area contributed by atoms with Gasteiger partial charge in [0.2, 0.25) is 10.0 Å². The number of hydrogen-bond acceptors (Lipinski definition) is 3. The van der Waals surface area contributed by atoms with Crippen LogP contribution in [0.1, 0.15) is 39.0 Å². The molecule has 5 heteroatoms. The predicted octanol–water partition coefficient (Wildman–Crippen LogP) is 1.44. The number of hydrogen-bond donors (Lipinski definition) is 1. The van der Waals surface area contributed by atoms with Gasteiger partial charge in [0.25, 0.3) is 0 Å². The third-order valence-corrected chi connectivity index (χ3v) is 6.37. The molecule has 0 radical (unpaired) electrons. The lowest BCUT2D eigenvalue weighted by molar-refractivity contribution is 0.259. The second kappa shape index (κ2) is 6.35. The summed E-state index contributed by atoms with van der Waals surface area (Å²) in [7, 11) is -3.02. The maximum atomic E-state index is 12.4. The summed E-state index contributed by atoms with van der Waals surface area (Å²) < 4.78 is 26.6. The normalized spacial score (nSPS) is 28.4. The molecule has 0 amide bonds. The van der Waals surface area contributed by atoms with Crippen molar-refractivity contribution in [1.29, 1.82) is 0 Å². The lowest BCUT2D eigenvalue weighted by Gasteiger charge is -2.33. The fourth-order valence-electron chi connectivity index (χ4n) is 3.06. The van der Waals surface area contributed by atoms with Gasteiger partial charge in [0.05, 0.1) is 5.75 Å². The molecule has 1 atom stereocenters. The molecule has 0 bridgehead atoms. The van der Waals surface area contributed by atoms with Crippen molar-refractivity contribution in [2.45, 2.75) is 39.0 Å². The summed E-state index contributed by atoms with van der Waals surface area (Å²) in [4.78, 5) is 0. The van der Waals surface area contributed by atoms with Crippen molar-refractivity contribution in [3.63, 3.8) is 0 Å². The molecule has 0 saturated carbocycles. The van der Waals surface area contributed by atoms with Crippen LogP contribution in [0.2, 0.25) is 0 Å². The van der Waals surface area contributed by atoms with E-state index in [4.69, 9.17) is 0 Å². The van der Waals surface area contributed by atoms with Crippen molar-refractivity contribution >= 4 is 10.0 Å². The monoisotopic (exact) mass is 274 g/mol. The number of sulfonamides is 1. The molecule has 2 aliphatic rings. The highest BCUT2D eigenvalue weighted by molar-refractivity contribution is 7.89. The molecular formula is C13H26N2O2S. The summed E-state index contributed by atoms with van der Waals surface area (Å²) >= 11 is 0. The lowest BCUT2D eigenvalue weighted by atomic mass is 9.97. The van der Waals surface area contributed by atoms with Crippen molar-refractivity contribution < 1.29 is 8.42 Å². The average Bonchev–Trinajstić information content (AvgIpc) is 2.39. The number of piperidine rings is 2. The van der Waals surface area contributed by atoms with Gasteiger partial charge >= 0.3 is 0 Å². The smallest absolute Gasteiger partial charge is 0.214 e. The Morgan fingerprint density at radius 1 is 1.17 bits per heavy atom. The van der Waals surface area contributed by atoms with Gasteiger partial charge in [-0.25, -0.2) is 12.7 Å². The van der Waals surface area contributed by atoms with E-state index in [0.717, 1.165) is 51.9 Å². The van der Waals surface area contributed by atoms with Crippen LogP contribution in [-0.2, 0) is 10.0 Å². The zero-order chi connectivity index (χ0) is 13.0. The van der Waals surface area contributed by atoms with Crippen molar-refractivity contribution in [3.8, 4) is 0 Å². The van der Waals surface area contributed by atoms with Gasteiger partial charge in [-0.2, -0.15) is 0 Å². The van der Waals surface area contributed by atoms with Crippen LogP contribution in [0.4, 0.5) is 0 Å². The molecule has 0 aromatic carbocycles. The van der Waals surface area contributed by atoms with Gasteiger partial charge in [0.15, 0.2) is 0 Å². The van der Waals surface area contributed by atoms with E-state index in [1.165, 1.54) is 6.42 Å². The van der Waals surface area contributed by atoms with Crippen LogP contribution in [0.3, 0.4) is 0 Å². The van der Waals surface area contributed by atoms with E-state index in [1.54, 1.807) is 4.31 Å². The minimum absolute atomic E-state index is 0.359. The molecule has 2 aliphatic heterocycles. The molecule has 0 aromatic rings. The molecule has 2 rings (SSSR count). The van der Waals surface area contributed by atoms with Gasteiger partial charge in [-0.1, -0.05) is 13.3 Å². The second-order valence-corrected chi connectivity index (χ2v) is 7.76. The zero-order valence-corrected chi connectivity index (χ0v) is 12.2.